The molecule has 1 atom stereocenters. The van der Waals surface area contributed by atoms with Crippen LogP contribution in [0.3, 0.4) is 0 Å². The summed E-state index contributed by atoms with van der Waals surface area (Å²) < 4.78 is 19.7. The summed E-state index contributed by atoms with van der Waals surface area (Å²) in [5, 5.41) is 13.7. The molecule has 194 valence electrons. The minimum absolute atomic E-state index is 0.0906. The molecule has 2 N–H and O–H groups in total. The van der Waals surface area contributed by atoms with Gasteiger partial charge in [0.05, 0.1) is 7.11 Å². The van der Waals surface area contributed by atoms with Gasteiger partial charge in [0.1, 0.15) is 23.3 Å². The van der Waals surface area contributed by atoms with E-state index in [1.807, 2.05) is 0 Å². The van der Waals surface area contributed by atoms with Gasteiger partial charge in [-0.25, -0.2) is 19.2 Å². The Kier molecular flexibility index (Phi) is 7.03. The Morgan fingerprint density at radius 3 is 2.62 bits per heavy atom. The number of anilines is 1. The van der Waals surface area contributed by atoms with Crippen molar-refractivity contribution >= 4 is 34.3 Å². The molecule has 39 heavy (non-hydrogen) atoms. The van der Waals surface area contributed by atoms with E-state index in [1.54, 1.807) is 29.6 Å². The number of benzene rings is 2. The highest BCUT2D eigenvalue weighted by atomic mass is 32.1. The Morgan fingerprint density at radius 2 is 1.92 bits per heavy atom. The number of thiazole rings is 1. The number of carbonyl (C=O) groups excluding carboxylic acids is 2. The molecule has 0 spiro atoms. The molecule has 1 aliphatic heterocycles. The van der Waals surface area contributed by atoms with Gasteiger partial charge < -0.3 is 14.7 Å². The first kappa shape index (κ1) is 25.6. The van der Waals surface area contributed by atoms with E-state index in [4.69, 9.17) is 9.84 Å². The maximum absolute atomic E-state index is 14.3. The molecule has 9 nitrogen and oxygen atoms in total. The number of halogens is 1. The van der Waals surface area contributed by atoms with Crippen molar-refractivity contribution < 1.29 is 28.6 Å². The molecule has 1 unspecified atom stereocenters. The third kappa shape index (κ3) is 5.32. The number of rotatable bonds is 6. The van der Waals surface area contributed by atoms with Crippen LogP contribution in [0.2, 0.25) is 0 Å². The number of aromatic nitrogens is 2. The van der Waals surface area contributed by atoms with Crippen LogP contribution < -0.4 is 10.1 Å². The summed E-state index contributed by atoms with van der Waals surface area (Å²) in [6, 6.07) is 10.6. The molecule has 1 aliphatic rings. The lowest BCUT2D eigenvalue weighted by Gasteiger charge is -2.28. The van der Waals surface area contributed by atoms with Gasteiger partial charge in [-0.3, -0.25) is 14.9 Å². The number of fused-ring (bicyclic) bond motifs is 1. The van der Waals surface area contributed by atoms with Gasteiger partial charge in [-0.2, -0.15) is 0 Å². The number of methoxy groups -OCH3 is 1. The summed E-state index contributed by atoms with van der Waals surface area (Å²) >= 11 is 1.21. The van der Waals surface area contributed by atoms with E-state index < -0.39 is 29.6 Å². The van der Waals surface area contributed by atoms with E-state index in [9.17, 15) is 18.8 Å². The molecule has 5 rings (SSSR count). The van der Waals surface area contributed by atoms with Crippen molar-refractivity contribution in [3.63, 3.8) is 0 Å². The summed E-state index contributed by atoms with van der Waals surface area (Å²) in [7, 11) is 1.41. The van der Waals surface area contributed by atoms with Crippen LogP contribution in [0.25, 0.3) is 0 Å². The minimum atomic E-state index is -1.20. The van der Waals surface area contributed by atoms with Crippen LogP contribution in [0.4, 0.5) is 9.52 Å². The summed E-state index contributed by atoms with van der Waals surface area (Å²) in [4.78, 5) is 47.4. The van der Waals surface area contributed by atoms with Crippen molar-refractivity contribution in [1.82, 2.24) is 14.9 Å². The zero-order valence-corrected chi connectivity index (χ0v) is 21.2. The monoisotopic (exact) mass is 542 g/mol. The van der Waals surface area contributed by atoms with E-state index in [0.29, 0.717) is 27.4 Å². The summed E-state index contributed by atoms with van der Waals surface area (Å²) in [6.45, 7) is 0.109. The number of nitrogens with one attached hydrogen (secondary N) is 1. The van der Waals surface area contributed by atoms with Crippen molar-refractivity contribution in [1.29, 1.82) is 0 Å². The molecule has 3 heterocycles. The third-order valence-corrected chi connectivity index (χ3v) is 6.67. The van der Waals surface area contributed by atoms with Gasteiger partial charge in [0.15, 0.2) is 5.13 Å². The highest BCUT2D eigenvalue weighted by Gasteiger charge is 2.39. The van der Waals surface area contributed by atoms with Gasteiger partial charge in [-0.15, -0.1) is 11.3 Å². The number of carbonyl (C=O) groups is 3. The Balaban J connectivity index is 1.46. The highest BCUT2D eigenvalue weighted by Crippen LogP contribution is 2.37. The summed E-state index contributed by atoms with van der Waals surface area (Å²) in [6.07, 6.45) is 2.89. The van der Waals surface area contributed by atoms with E-state index in [1.165, 1.54) is 60.0 Å². The Labute approximate surface area is 225 Å². The van der Waals surface area contributed by atoms with Crippen LogP contribution >= 0.6 is 11.3 Å². The average molecular weight is 543 g/mol. The number of ether oxygens (including phenoxy) is 1. The number of amides is 2. The van der Waals surface area contributed by atoms with Crippen molar-refractivity contribution in [3.05, 3.63) is 106 Å². The predicted octanol–water partition coefficient (Wildman–Crippen LogP) is 4.12. The van der Waals surface area contributed by atoms with Crippen LogP contribution in [0.15, 0.2) is 66.3 Å². The van der Waals surface area contributed by atoms with Crippen molar-refractivity contribution in [2.24, 2.45) is 0 Å². The number of carboxylic acid groups (broad SMARTS) is 1. The second kappa shape index (κ2) is 10.7. The molecule has 0 saturated heterocycles. The Bertz CT molecular complexity index is 1640. The second-order valence-corrected chi connectivity index (χ2v) is 9.30. The van der Waals surface area contributed by atoms with E-state index in [0.717, 1.165) is 0 Å². The van der Waals surface area contributed by atoms with Crippen LogP contribution in [-0.2, 0) is 11.3 Å². The number of nitrogens with zero attached hydrogens (tertiary/aromatic N) is 3. The quantitative estimate of drug-likeness (QED) is 0.352. The fraction of sp³-hybridized carbons (Fsp3) is 0.107. The second-order valence-electron chi connectivity index (χ2n) is 8.41. The molecule has 2 aromatic heterocycles. The maximum atomic E-state index is 14.3. The van der Waals surface area contributed by atoms with Crippen LogP contribution in [0, 0.1) is 17.7 Å². The lowest BCUT2D eigenvalue weighted by molar-refractivity contribution is -0.120. The Morgan fingerprint density at radius 1 is 1.13 bits per heavy atom. The third-order valence-electron chi connectivity index (χ3n) is 5.98. The smallest absolute Gasteiger partial charge is 0.354 e. The van der Waals surface area contributed by atoms with E-state index in [-0.39, 0.29) is 23.6 Å². The first-order chi connectivity index (χ1) is 18.8. The van der Waals surface area contributed by atoms with Crippen molar-refractivity contribution in [2.75, 3.05) is 12.4 Å². The summed E-state index contributed by atoms with van der Waals surface area (Å²) in [5.41, 5.74) is 2.20. The van der Waals surface area contributed by atoms with Gasteiger partial charge in [0.25, 0.3) is 11.8 Å². The zero-order valence-electron chi connectivity index (χ0n) is 20.3. The first-order valence-corrected chi connectivity index (χ1v) is 12.4. The standard InChI is InChI=1S/C28H19FN4O5S/c1-38-23-9-7-19(29)13-21(23)24(25(34)32-28-30-10-11-39-28)33-15-18-6-4-16(12-20(18)26(33)35)2-3-17-5-8-22(27(36)37)31-14-17/h4-14,24H,15H2,1H3,(H,36,37)(H,30,32,34). The molecular formula is C28H19FN4O5S. The number of hydrogen-bond acceptors (Lipinski definition) is 7. The number of hydrogen-bond donors (Lipinski definition) is 2. The molecular weight excluding hydrogens is 523 g/mol. The lowest BCUT2D eigenvalue weighted by Crippen LogP contribution is -2.37. The average Bonchev–Trinajstić information content (AvgIpc) is 3.56. The highest BCUT2D eigenvalue weighted by molar-refractivity contribution is 7.13. The van der Waals surface area contributed by atoms with Gasteiger partial charge in [-0.1, -0.05) is 17.9 Å². The largest absolute Gasteiger partial charge is 0.496 e. The molecule has 0 radical (unpaired) electrons. The van der Waals surface area contributed by atoms with Crippen molar-refractivity contribution in [3.8, 4) is 17.6 Å². The van der Waals surface area contributed by atoms with Gasteiger partial charge >= 0.3 is 5.97 Å². The maximum Gasteiger partial charge on any atom is 0.354 e. The Hall–Kier alpha value is -5.08. The molecule has 11 heteroatoms. The fourth-order valence-corrected chi connectivity index (χ4v) is 4.71. The normalized spacial score (nSPS) is 12.8. The molecule has 0 aliphatic carbocycles. The van der Waals surface area contributed by atoms with Crippen LogP contribution in [0.1, 0.15) is 49.1 Å². The summed E-state index contributed by atoms with van der Waals surface area (Å²) in [5.74, 6) is 3.41. The lowest BCUT2D eigenvalue weighted by atomic mass is 10.0. The topological polar surface area (TPSA) is 122 Å². The van der Waals surface area contributed by atoms with E-state index in [2.05, 4.69) is 27.1 Å². The van der Waals surface area contributed by atoms with Gasteiger partial charge in [0.2, 0.25) is 0 Å². The number of carboxylic acids is 1. The van der Waals surface area contributed by atoms with Crippen LogP contribution in [0.5, 0.6) is 5.75 Å². The van der Waals surface area contributed by atoms with Gasteiger partial charge in [0, 0.05) is 46.6 Å². The molecule has 0 saturated carbocycles. The number of pyridine rings is 1. The van der Waals surface area contributed by atoms with Crippen LogP contribution in [-0.4, -0.2) is 44.9 Å². The van der Waals surface area contributed by atoms with Crippen molar-refractivity contribution in [2.45, 2.75) is 12.6 Å². The van der Waals surface area contributed by atoms with Gasteiger partial charge in [-0.05, 0) is 48.0 Å². The molecule has 0 fully saturated rings. The first-order valence-electron chi connectivity index (χ1n) is 11.5. The van der Waals surface area contributed by atoms with E-state index >= 15 is 0 Å². The fourth-order valence-electron chi connectivity index (χ4n) is 4.18. The number of aromatic carboxylic acids is 1. The minimum Gasteiger partial charge on any atom is -0.496 e. The molecule has 2 amide bonds. The molecule has 2 aromatic carbocycles. The predicted molar refractivity (Wildman–Crippen MR) is 140 cm³/mol. The molecule has 0 bridgehead atoms. The molecule has 4 aromatic rings. The zero-order chi connectivity index (χ0) is 27.5. The SMILES string of the molecule is COc1ccc(F)cc1C(C(=O)Nc1nccs1)N1Cc2ccc(C#Cc3ccc(C(=O)O)nc3)cc2C1=O.